The number of benzene rings is 1. The Morgan fingerprint density at radius 3 is 2.86 bits per heavy atom. The Hall–Kier alpha value is -2.58. The van der Waals surface area contributed by atoms with E-state index >= 15 is 0 Å². The average molecular weight is 401 g/mol. The van der Waals surface area contributed by atoms with Crippen molar-refractivity contribution in [2.24, 2.45) is 5.92 Å². The van der Waals surface area contributed by atoms with E-state index in [-0.39, 0.29) is 11.6 Å². The van der Waals surface area contributed by atoms with Gasteiger partial charge in [0.1, 0.15) is 0 Å². The number of anilines is 1. The highest BCUT2D eigenvalue weighted by Crippen LogP contribution is 2.29. The minimum absolute atomic E-state index is 0.0126. The highest BCUT2D eigenvalue weighted by atomic mass is 32.1. The average Bonchev–Trinajstić information content (AvgIpc) is 3.16. The van der Waals surface area contributed by atoms with Crippen molar-refractivity contribution in [2.45, 2.75) is 19.8 Å². The fourth-order valence-corrected chi connectivity index (χ4v) is 4.26. The summed E-state index contributed by atoms with van der Waals surface area (Å²) in [4.78, 5) is 31.7. The molecule has 1 aromatic heterocycles. The zero-order valence-corrected chi connectivity index (χ0v) is 16.7. The second-order valence-corrected chi connectivity index (χ2v) is 7.93. The topological polar surface area (TPSA) is 79.6 Å². The Bertz CT molecular complexity index is 849. The van der Waals surface area contributed by atoms with E-state index in [0.717, 1.165) is 25.1 Å². The second-order valence-electron chi connectivity index (χ2n) is 7.09. The maximum absolute atomic E-state index is 12.9. The molecular weight excluding hydrogens is 376 g/mol. The minimum atomic E-state index is -0.428. The van der Waals surface area contributed by atoms with Gasteiger partial charge in [-0.15, -0.1) is 17.9 Å². The van der Waals surface area contributed by atoms with Crippen molar-refractivity contribution in [3.8, 4) is 11.3 Å². The molecule has 0 unspecified atom stereocenters. The number of nitrogens with zero attached hydrogens (tertiary/aromatic N) is 4. The molecular formula is C20H24N4O3S. The first kappa shape index (κ1) is 20.2. The van der Waals surface area contributed by atoms with Gasteiger partial charge in [0, 0.05) is 36.2 Å². The third-order valence-electron chi connectivity index (χ3n) is 4.81. The molecule has 1 atom stereocenters. The summed E-state index contributed by atoms with van der Waals surface area (Å²) in [5.74, 6) is 0.626. The van der Waals surface area contributed by atoms with Crippen LogP contribution in [0.15, 0.2) is 42.3 Å². The number of thiazole rings is 1. The standard InChI is InChI=1S/C20H24N4O3S/c1-3-10-23(19(25)13-22-11-4-5-15(2)12-22)20-21-18(14-28-20)16-6-8-17(9-7-16)24(26)27/h3,6-9,14-15H,1,4-5,10-13H2,2H3/t15-/m1/s1. The molecule has 1 aliphatic rings. The molecule has 2 heterocycles. The summed E-state index contributed by atoms with van der Waals surface area (Å²) in [7, 11) is 0. The SMILES string of the molecule is C=CCN(C(=O)CN1CCC[C@@H](C)C1)c1nc(-c2ccc([N+](=O)[O-])cc2)cs1. The zero-order chi connectivity index (χ0) is 20.1. The maximum Gasteiger partial charge on any atom is 0.269 e. The number of hydrogen-bond donors (Lipinski definition) is 0. The molecule has 1 saturated heterocycles. The van der Waals surface area contributed by atoms with E-state index in [0.29, 0.717) is 29.8 Å². The van der Waals surface area contributed by atoms with E-state index in [1.165, 1.54) is 29.9 Å². The number of piperidine rings is 1. The van der Waals surface area contributed by atoms with Crippen LogP contribution in [0.2, 0.25) is 0 Å². The van der Waals surface area contributed by atoms with Crippen LogP contribution in [0.5, 0.6) is 0 Å². The van der Waals surface area contributed by atoms with Crippen LogP contribution in [0.3, 0.4) is 0 Å². The van der Waals surface area contributed by atoms with Crippen LogP contribution in [0.4, 0.5) is 10.8 Å². The third-order valence-corrected chi connectivity index (χ3v) is 5.67. The van der Waals surface area contributed by atoms with Crippen LogP contribution in [0, 0.1) is 16.0 Å². The quantitative estimate of drug-likeness (QED) is 0.399. The first-order valence-corrected chi connectivity index (χ1v) is 10.2. The Morgan fingerprint density at radius 2 is 2.21 bits per heavy atom. The highest BCUT2D eigenvalue weighted by molar-refractivity contribution is 7.14. The molecule has 7 nitrogen and oxygen atoms in total. The van der Waals surface area contributed by atoms with Gasteiger partial charge in [-0.2, -0.15) is 0 Å². The van der Waals surface area contributed by atoms with Gasteiger partial charge in [0.2, 0.25) is 5.91 Å². The van der Waals surface area contributed by atoms with Gasteiger partial charge in [-0.3, -0.25) is 24.7 Å². The van der Waals surface area contributed by atoms with E-state index in [9.17, 15) is 14.9 Å². The lowest BCUT2D eigenvalue weighted by Crippen LogP contribution is -2.44. The number of likely N-dealkylation sites (tertiary alicyclic amines) is 1. The number of nitro benzene ring substituents is 1. The molecule has 1 aliphatic heterocycles. The van der Waals surface area contributed by atoms with Crippen LogP contribution in [0.1, 0.15) is 19.8 Å². The number of carbonyl (C=O) groups excluding carboxylic acids is 1. The number of hydrogen-bond acceptors (Lipinski definition) is 6. The lowest BCUT2D eigenvalue weighted by Gasteiger charge is -2.31. The molecule has 0 spiro atoms. The summed E-state index contributed by atoms with van der Waals surface area (Å²) < 4.78 is 0. The summed E-state index contributed by atoms with van der Waals surface area (Å²) in [5, 5.41) is 13.3. The van der Waals surface area contributed by atoms with Crippen molar-refractivity contribution in [1.82, 2.24) is 9.88 Å². The molecule has 0 radical (unpaired) electrons. The molecule has 8 heteroatoms. The molecule has 1 aromatic carbocycles. The van der Waals surface area contributed by atoms with Crippen LogP contribution in [-0.2, 0) is 4.79 Å². The number of nitro groups is 1. The summed E-state index contributed by atoms with van der Waals surface area (Å²) in [5.41, 5.74) is 1.52. The van der Waals surface area contributed by atoms with E-state index in [1.54, 1.807) is 23.1 Å². The fraction of sp³-hybridized carbons (Fsp3) is 0.400. The molecule has 28 heavy (non-hydrogen) atoms. The van der Waals surface area contributed by atoms with Crippen molar-refractivity contribution in [2.75, 3.05) is 31.1 Å². The number of aromatic nitrogens is 1. The molecule has 0 saturated carbocycles. The van der Waals surface area contributed by atoms with E-state index < -0.39 is 4.92 Å². The number of amides is 1. The molecule has 2 aromatic rings. The minimum Gasteiger partial charge on any atom is -0.294 e. The Kier molecular flexibility index (Phi) is 6.53. The van der Waals surface area contributed by atoms with Crippen LogP contribution < -0.4 is 4.90 Å². The van der Waals surface area contributed by atoms with Crippen molar-refractivity contribution < 1.29 is 9.72 Å². The van der Waals surface area contributed by atoms with Crippen molar-refractivity contribution in [1.29, 1.82) is 0 Å². The molecule has 3 rings (SSSR count). The van der Waals surface area contributed by atoms with Crippen LogP contribution in [0.25, 0.3) is 11.3 Å². The molecule has 1 amide bonds. The van der Waals surface area contributed by atoms with Gasteiger partial charge in [0.15, 0.2) is 5.13 Å². The number of carbonyl (C=O) groups is 1. The van der Waals surface area contributed by atoms with E-state index in [4.69, 9.17) is 0 Å². The second kappa shape index (κ2) is 9.07. The van der Waals surface area contributed by atoms with E-state index in [2.05, 4.69) is 23.4 Å². The summed E-state index contributed by atoms with van der Waals surface area (Å²) >= 11 is 1.39. The van der Waals surface area contributed by atoms with Crippen LogP contribution in [-0.4, -0.2) is 46.9 Å². The predicted molar refractivity (Wildman–Crippen MR) is 112 cm³/mol. The molecule has 0 aliphatic carbocycles. The molecule has 148 valence electrons. The van der Waals surface area contributed by atoms with Crippen molar-refractivity contribution in [3.05, 3.63) is 52.4 Å². The zero-order valence-electron chi connectivity index (χ0n) is 15.9. The smallest absolute Gasteiger partial charge is 0.269 e. The van der Waals surface area contributed by atoms with Crippen molar-refractivity contribution >= 4 is 28.1 Å². The fourth-order valence-electron chi connectivity index (χ4n) is 3.40. The highest BCUT2D eigenvalue weighted by Gasteiger charge is 2.24. The van der Waals surface area contributed by atoms with Gasteiger partial charge < -0.3 is 0 Å². The first-order chi connectivity index (χ1) is 13.5. The maximum atomic E-state index is 12.9. The van der Waals surface area contributed by atoms with E-state index in [1.807, 2.05) is 5.38 Å². The summed E-state index contributed by atoms with van der Waals surface area (Å²) in [6, 6.07) is 6.26. The van der Waals surface area contributed by atoms with Crippen molar-refractivity contribution in [3.63, 3.8) is 0 Å². The predicted octanol–water partition coefficient (Wildman–Crippen LogP) is 3.97. The monoisotopic (exact) mass is 400 g/mol. The largest absolute Gasteiger partial charge is 0.294 e. The van der Waals surface area contributed by atoms with Crippen LogP contribution >= 0.6 is 11.3 Å². The summed E-state index contributed by atoms with van der Waals surface area (Å²) in [6.07, 6.45) is 4.03. The molecule has 1 fully saturated rings. The molecule has 0 N–H and O–H groups in total. The van der Waals surface area contributed by atoms with Gasteiger partial charge in [-0.25, -0.2) is 4.98 Å². The Morgan fingerprint density at radius 1 is 1.46 bits per heavy atom. The first-order valence-electron chi connectivity index (χ1n) is 9.32. The Balaban J connectivity index is 1.74. The lowest BCUT2D eigenvalue weighted by atomic mass is 10.0. The number of rotatable bonds is 7. The Labute approximate surface area is 168 Å². The molecule has 0 bridgehead atoms. The van der Waals surface area contributed by atoms with Gasteiger partial charge in [0.05, 0.1) is 17.2 Å². The summed E-state index contributed by atoms with van der Waals surface area (Å²) in [6.45, 7) is 8.65. The van der Waals surface area contributed by atoms with Gasteiger partial charge in [-0.1, -0.05) is 13.0 Å². The normalized spacial score (nSPS) is 17.2. The third kappa shape index (κ3) is 4.82. The lowest BCUT2D eigenvalue weighted by molar-refractivity contribution is -0.384. The van der Waals surface area contributed by atoms with Gasteiger partial charge >= 0.3 is 0 Å². The van der Waals surface area contributed by atoms with Gasteiger partial charge in [-0.05, 0) is 37.4 Å². The van der Waals surface area contributed by atoms with Gasteiger partial charge in [0.25, 0.3) is 5.69 Å². The number of non-ortho nitro benzene ring substituents is 1.